The number of halogens is 3. The van der Waals surface area contributed by atoms with Gasteiger partial charge in [-0.1, -0.05) is 19.8 Å². The molecule has 0 aromatic heterocycles. The molecule has 6 rings (SSSR count). The van der Waals surface area contributed by atoms with E-state index in [1.807, 2.05) is 11.8 Å². The quantitative estimate of drug-likeness (QED) is 0.274. The maximum atomic E-state index is 13.4. The van der Waals surface area contributed by atoms with E-state index in [1.165, 1.54) is 12.8 Å². The van der Waals surface area contributed by atoms with Crippen LogP contribution in [0.2, 0.25) is 0 Å². The molecule has 0 amide bonds. The van der Waals surface area contributed by atoms with Crippen LogP contribution >= 0.6 is 0 Å². The first-order valence-electron chi connectivity index (χ1n) is 15.3. The van der Waals surface area contributed by atoms with Gasteiger partial charge in [-0.25, -0.2) is 5.01 Å². The zero-order valence-electron chi connectivity index (χ0n) is 23.6. The Morgan fingerprint density at radius 2 is 1.67 bits per heavy atom. The van der Waals surface area contributed by atoms with Gasteiger partial charge >= 0.3 is 6.18 Å². The second-order valence-electron chi connectivity index (χ2n) is 13.0. The summed E-state index contributed by atoms with van der Waals surface area (Å²) in [5.41, 5.74) is 3.77. The summed E-state index contributed by atoms with van der Waals surface area (Å²) in [5, 5.41) is 20.3. The van der Waals surface area contributed by atoms with Gasteiger partial charge in [-0.3, -0.25) is 31.6 Å². The average Bonchev–Trinajstić information content (AvgIpc) is 3.61. The molecular weight excluding hydrogens is 509 g/mol. The molecule has 9 nitrogen and oxygen atoms in total. The lowest BCUT2D eigenvalue weighted by Crippen LogP contribution is -2.72. The summed E-state index contributed by atoms with van der Waals surface area (Å²) in [4.78, 5) is 2.00. The molecular formula is C27H49F3N8O. The van der Waals surface area contributed by atoms with Crippen LogP contribution in [0.4, 0.5) is 13.2 Å². The molecule has 0 spiro atoms. The molecule has 0 aromatic carbocycles. The Hall–Kier alpha value is -0.570. The molecule has 9 unspecified atom stereocenters. The van der Waals surface area contributed by atoms with Crippen LogP contribution in [0.25, 0.3) is 0 Å². The van der Waals surface area contributed by atoms with Gasteiger partial charge in [-0.05, 0) is 56.4 Å². The van der Waals surface area contributed by atoms with Crippen LogP contribution in [0.1, 0.15) is 51.9 Å². The average molecular weight is 559 g/mol. The fraction of sp³-hybridized carbons (Fsp3) is 1.00. The van der Waals surface area contributed by atoms with E-state index in [-0.39, 0.29) is 25.1 Å². The number of hydrazine groups is 1. The Bertz CT molecular complexity index is 825. The number of fused-ring (bicyclic) bond motifs is 1. The highest BCUT2D eigenvalue weighted by Gasteiger charge is 2.52. The van der Waals surface area contributed by atoms with Crippen molar-refractivity contribution in [1.29, 1.82) is 0 Å². The van der Waals surface area contributed by atoms with Crippen molar-refractivity contribution in [2.45, 2.75) is 107 Å². The van der Waals surface area contributed by atoms with Gasteiger partial charge in [-0.15, -0.1) is 0 Å². The number of alkyl halides is 3. The van der Waals surface area contributed by atoms with Crippen LogP contribution in [-0.2, 0) is 4.74 Å². The minimum atomic E-state index is -4.18. The number of rotatable bonds is 7. The third-order valence-corrected chi connectivity index (χ3v) is 10.7. The topological polar surface area (TPSA) is 87.9 Å². The smallest absolute Gasteiger partial charge is 0.366 e. The highest BCUT2D eigenvalue weighted by Crippen LogP contribution is 2.41. The molecule has 0 bridgehead atoms. The second-order valence-corrected chi connectivity index (χ2v) is 13.0. The molecule has 4 saturated heterocycles. The molecule has 6 fully saturated rings. The standard InChI is InChI=1S/C27H49F3N8O/c1-4-38-13-20(27(28,29)30)34-25(38)17-7-5-15(6-8-17)11-18-23-19(37(2)36-18)12-31-24(35-23)21-22(16-9-10-16)32-14-33-26(21)39-3/h15-26,31-36H,4-14H2,1-3H3. The Balaban J connectivity index is 1.06. The van der Waals surface area contributed by atoms with E-state index in [4.69, 9.17) is 4.74 Å². The summed E-state index contributed by atoms with van der Waals surface area (Å²) in [5.74, 6) is 1.93. The lowest BCUT2D eigenvalue weighted by atomic mass is 9.76. The summed E-state index contributed by atoms with van der Waals surface area (Å²) in [6.07, 6.45) is 3.71. The van der Waals surface area contributed by atoms with Crippen LogP contribution in [0.3, 0.4) is 0 Å². The van der Waals surface area contributed by atoms with Gasteiger partial charge in [0.1, 0.15) is 12.3 Å². The molecule has 2 saturated carbocycles. The Labute approximate surface area is 231 Å². The van der Waals surface area contributed by atoms with Crippen LogP contribution in [-0.4, -0.2) is 105 Å². The predicted octanol–water partition coefficient (Wildman–Crippen LogP) is 0.957. The number of hydrogen-bond acceptors (Lipinski definition) is 9. The second kappa shape index (κ2) is 11.6. The van der Waals surface area contributed by atoms with Crippen molar-refractivity contribution in [3.63, 3.8) is 0 Å². The van der Waals surface area contributed by atoms with Crippen LogP contribution in [0, 0.1) is 23.7 Å². The van der Waals surface area contributed by atoms with Gasteiger partial charge in [0.05, 0.1) is 18.4 Å². The van der Waals surface area contributed by atoms with Gasteiger partial charge in [0.25, 0.3) is 0 Å². The number of nitrogens with one attached hydrogen (secondary N) is 6. The van der Waals surface area contributed by atoms with Crippen molar-refractivity contribution in [2.75, 3.05) is 40.5 Å². The minimum Gasteiger partial charge on any atom is -0.366 e. The van der Waals surface area contributed by atoms with E-state index in [1.54, 1.807) is 7.11 Å². The number of likely N-dealkylation sites (N-methyl/N-ethyl adjacent to an activating group) is 2. The first kappa shape index (κ1) is 28.5. The molecule has 224 valence electrons. The lowest BCUT2D eigenvalue weighted by Gasteiger charge is -2.48. The van der Waals surface area contributed by atoms with E-state index in [9.17, 15) is 13.2 Å². The largest absolute Gasteiger partial charge is 0.405 e. The third kappa shape index (κ3) is 5.87. The molecule has 6 N–H and O–H groups in total. The van der Waals surface area contributed by atoms with E-state index in [0.717, 1.165) is 51.2 Å². The highest BCUT2D eigenvalue weighted by atomic mass is 19.4. The summed E-state index contributed by atoms with van der Waals surface area (Å²) in [6.45, 7) is 4.42. The lowest BCUT2D eigenvalue weighted by molar-refractivity contribution is -0.150. The monoisotopic (exact) mass is 558 g/mol. The summed E-state index contributed by atoms with van der Waals surface area (Å²) < 4.78 is 46.1. The van der Waals surface area contributed by atoms with E-state index in [0.29, 0.717) is 48.5 Å². The Kier molecular flexibility index (Phi) is 8.49. The number of ether oxygens (including phenoxy) is 1. The van der Waals surface area contributed by atoms with Gasteiger partial charge in [0.2, 0.25) is 0 Å². The van der Waals surface area contributed by atoms with E-state index in [2.05, 4.69) is 44.1 Å². The van der Waals surface area contributed by atoms with Gasteiger partial charge in [0.15, 0.2) is 0 Å². The third-order valence-electron chi connectivity index (χ3n) is 10.7. The molecule has 2 aliphatic carbocycles. The van der Waals surface area contributed by atoms with Crippen molar-refractivity contribution in [3.8, 4) is 0 Å². The highest BCUT2D eigenvalue weighted by molar-refractivity contribution is 5.08. The Morgan fingerprint density at radius 3 is 2.33 bits per heavy atom. The first-order valence-corrected chi connectivity index (χ1v) is 15.3. The molecule has 12 heteroatoms. The molecule has 39 heavy (non-hydrogen) atoms. The number of methoxy groups -OCH3 is 1. The van der Waals surface area contributed by atoms with Crippen molar-refractivity contribution >= 4 is 0 Å². The van der Waals surface area contributed by atoms with Crippen molar-refractivity contribution in [3.05, 3.63) is 0 Å². The van der Waals surface area contributed by atoms with Crippen molar-refractivity contribution < 1.29 is 17.9 Å². The normalized spacial score (nSPS) is 46.5. The molecule has 4 heterocycles. The zero-order chi connectivity index (χ0) is 27.3. The summed E-state index contributed by atoms with van der Waals surface area (Å²) in [7, 11) is 3.95. The number of hydrogen-bond donors (Lipinski definition) is 6. The van der Waals surface area contributed by atoms with Gasteiger partial charge in [0, 0.05) is 58.0 Å². The van der Waals surface area contributed by atoms with E-state index < -0.39 is 12.2 Å². The van der Waals surface area contributed by atoms with E-state index >= 15 is 0 Å². The molecule has 9 atom stereocenters. The molecule has 0 radical (unpaired) electrons. The van der Waals surface area contributed by atoms with Crippen LogP contribution in [0.15, 0.2) is 0 Å². The van der Waals surface area contributed by atoms with Crippen molar-refractivity contribution in [2.24, 2.45) is 23.7 Å². The summed E-state index contributed by atoms with van der Waals surface area (Å²) in [6, 6.07) is 0.122. The zero-order valence-corrected chi connectivity index (χ0v) is 23.6. The summed E-state index contributed by atoms with van der Waals surface area (Å²) >= 11 is 0. The molecule has 4 aliphatic heterocycles. The van der Waals surface area contributed by atoms with Crippen LogP contribution < -0.4 is 32.0 Å². The van der Waals surface area contributed by atoms with Gasteiger partial charge in [-0.2, -0.15) is 13.2 Å². The maximum Gasteiger partial charge on any atom is 0.405 e. The molecule has 0 aromatic rings. The first-order chi connectivity index (χ1) is 18.8. The Morgan fingerprint density at radius 1 is 0.923 bits per heavy atom. The fourth-order valence-corrected chi connectivity index (χ4v) is 8.46. The predicted molar refractivity (Wildman–Crippen MR) is 143 cm³/mol. The maximum absolute atomic E-state index is 13.4. The SMILES string of the molecule is CCN1CC(C(F)(F)F)NC1C1CCC(CC2NN(C)C3CNC(C4C(OC)NCNC4C4CC4)NC23)CC1. The minimum absolute atomic E-state index is 0.0167. The number of nitrogens with zero attached hydrogens (tertiary/aromatic N) is 2. The van der Waals surface area contributed by atoms with Gasteiger partial charge < -0.3 is 10.1 Å². The van der Waals surface area contributed by atoms with Crippen molar-refractivity contribution in [1.82, 2.24) is 41.9 Å². The fourth-order valence-electron chi connectivity index (χ4n) is 8.46. The van der Waals surface area contributed by atoms with Crippen LogP contribution in [0.5, 0.6) is 0 Å². The molecule has 6 aliphatic rings.